The van der Waals surface area contributed by atoms with Crippen LogP contribution in [0, 0.1) is 0 Å². The molecule has 0 bridgehead atoms. The van der Waals surface area contributed by atoms with Crippen LogP contribution in [-0.4, -0.2) is 24.0 Å². The van der Waals surface area contributed by atoms with Crippen LogP contribution in [0.2, 0.25) is 6.32 Å². The van der Waals surface area contributed by atoms with Gasteiger partial charge in [0, 0.05) is 12.8 Å². The molecule has 0 spiro atoms. The van der Waals surface area contributed by atoms with Crippen molar-refractivity contribution in [2.75, 3.05) is 0 Å². The first kappa shape index (κ1) is 9.04. The van der Waals surface area contributed by atoms with E-state index >= 15 is 0 Å². The van der Waals surface area contributed by atoms with Crippen molar-refractivity contribution in [3.63, 3.8) is 0 Å². The summed E-state index contributed by atoms with van der Waals surface area (Å²) in [6.45, 7) is 1.90. The molecule has 12 heavy (non-hydrogen) atoms. The molecule has 0 N–H and O–H groups in total. The maximum Gasteiger partial charge on any atom is 0.264 e. The summed E-state index contributed by atoms with van der Waals surface area (Å²) in [6, 6.07) is 0. The molecule has 0 unspecified atom stereocenters. The van der Waals surface area contributed by atoms with Crippen LogP contribution in [0.15, 0.2) is 12.2 Å². The van der Waals surface area contributed by atoms with Gasteiger partial charge in [-0.2, -0.15) is 0 Å². The number of rotatable bonds is 3. The Kier molecular flexibility index (Phi) is 3.08. The summed E-state index contributed by atoms with van der Waals surface area (Å²) >= 11 is 0. The predicted octanol–water partition coefficient (Wildman–Crippen LogP) is 0.749. The molecular weight excluding hydrogens is 153 g/mol. The van der Waals surface area contributed by atoms with Crippen LogP contribution >= 0.6 is 0 Å². The van der Waals surface area contributed by atoms with Gasteiger partial charge in [0.25, 0.3) is 7.41 Å². The van der Waals surface area contributed by atoms with Gasteiger partial charge in [0.2, 0.25) is 11.8 Å². The second-order valence-electron chi connectivity index (χ2n) is 2.64. The van der Waals surface area contributed by atoms with E-state index in [1.807, 2.05) is 19.1 Å². The molecule has 63 valence electrons. The van der Waals surface area contributed by atoms with Crippen LogP contribution in [0.3, 0.4) is 0 Å². The number of carbonyl (C=O) groups excluding carboxylic acids is 2. The molecule has 1 heterocycles. The summed E-state index contributed by atoms with van der Waals surface area (Å²) in [5, 5.41) is 0. The molecule has 1 rings (SSSR count). The second-order valence-corrected chi connectivity index (χ2v) is 2.64. The number of amides is 2. The van der Waals surface area contributed by atoms with E-state index in [-0.39, 0.29) is 11.8 Å². The molecular formula is C8H11BNO2. The van der Waals surface area contributed by atoms with Crippen molar-refractivity contribution in [2.24, 2.45) is 0 Å². The van der Waals surface area contributed by atoms with Gasteiger partial charge in [-0.15, -0.1) is 0 Å². The van der Waals surface area contributed by atoms with Gasteiger partial charge in [0.05, 0.1) is 0 Å². The van der Waals surface area contributed by atoms with Crippen LogP contribution in [0.25, 0.3) is 0 Å². The monoisotopic (exact) mass is 164 g/mol. The minimum Gasteiger partial charge on any atom is -0.333 e. The van der Waals surface area contributed by atoms with Gasteiger partial charge in [0.15, 0.2) is 0 Å². The minimum atomic E-state index is -0.0792. The molecule has 1 saturated heterocycles. The van der Waals surface area contributed by atoms with Crippen LogP contribution < -0.4 is 0 Å². The van der Waals surface area contributed by atoms with E-state index in [2.05, 4.69) is 0 Å². The molecule has 1 aliphatic rings. The van der Waals surface area contributed by atoms with Crippen molar-refractivity contribution in [2.45, 2.75) is 26.1 Å². The minimum absolute atomic E-state index is 0.0792. The third kappa shape index (κ3) is 1.97. The fourth-order valence-electron chi connectivity index (χ4n) is 1.10. The van der Waals surface area contributed by atoms with Gasteiger partial charge in [-0.1, -0.05) is 12.2 Å². The number of hydrogen-bond acceptors (Lipinski definition) is 2. The molecule has 4 heteroatoms. The van der Waals surface area contributed by atoms with Gasteiger partial charge >= 0.3 is 0 Å². The summed E-state index contributed by atoms with van der Waals surface area (Å²) in [7, 11) is 1.64. The largest absolute Gasteiger partial charge is 0.333 e. The molecule has 0 aromatic heterocycles. The summed E-state index contributed by atoms with van der Waals surface area (Å²) in [4.78, 5) is 23.3. The van der Waals surface area contributed by atoms with Crippen LogP contribution in [0.1, 0.15) is 19.8 Å². The van der Waals surface area contributed by atoms with Gasteiger partial charge in [0.1, 0.15) is 0 Å². The molecule has 1 aliphatic heterocycles. The van der Waals surface area contributed by atoms with E-state index in [0.29, 0.717) is 19.2 Å². The quantitative estimate of drug-likeness (QED) is 0.350. The van der Waals surface area contributed by atoms with Crippen LogP contribution in [-0.2, 0) is 9.59 Å². The Balaban J connectivity index is 2.39. The lowest BCUT2D eigenvalue weighted by Gasteiger charge is -2.09. The van der Waals surface area contributed by atoms with Crippen molar-refractivity contribution < 1.29 is 9.59 Å². The Morgan fingerprint density at radius 3 is 2.50 bits per heavy atom. The Hall–Kier alpha value is -1.06. The third-order valence-electron chi connectivity index (χ3n) is 1.75. The normalized spacial score (nSPS) is 17.9. The third-order valence-corrected chi connectivity index (χ3v) is 1.75. The average Bonchev–Trinajstić information content (AvgIpc) is 2.35. The van der Waals surface area contributed by atoms with E-state index in [1.165, 1.54) is 4.81 Å². The maximum absolute atomic E-state index is 11.0. The van der Waals surface area contributed by atoms with Crippen LogP contribution in [0.4, 0.5) is 0 Å². The standard InChI is InChI=1S/C8H11BNO2/c1-2-3-6-9-10-7(11)4-5-8(10)12/h2-3H,4-6H2,1H3. The number of nitrogens with zero attached hydrogens (tertiary/aromatic N) is 1. The fourth-order valence-corrected chi connectivity index (χ4v) is 1.10. The zero-order valence-corrected chi connectivity index (χ0v) is 7.12. The molecule has 2 amide bonds. The van der Waals surface area contributed by atoms with E-state index < -0.39 is 0 Å². The lowest BCUT2D eigenvalue weighted by molar-refractivity contribution is -0.132. The van der Waals surface area contributed by atoms with Crippen molar-refractivity contribution in [1.29, 1.82) is 0 Å². The fraction of sp³-hybridized carbons (Fsp3) is 0.500. The lowest BCUT2D eigenvalue weighted by Crippen LogP contribution is -2.32. The summed E-state index contributed by atoms with van der Waals surface area (Å²) < 4.78 is 0. The highest BCUT2D eigenvalue weighted by atomic mass is 16.2. The Morgan fingerprint density at radius 2 is 2.00 bits per heavy atom. The smallest absolute Gasteiger partial charge is 0.264 e. The number of hydrogen-bond donors (Lipinski definition) is 0. The second kappa shape index (κ2) is 4.09. The van der Waals surface area contributed by atoms with E-state index in [1.54, 1.807) is 7.41 Å². The lowest BCUT2D eigenvalue weighted by atomic mass is 9.86. The number of carbonyl (C=O) groups is 2. The highest BCUT2D eigenvalue weighted by Crippen LogP contribution is 2.10. The molecule has 1 fully saturated rings. The highest BCUT2D eigenvalue weighted by Gasteiger charge is 2.27. The zero-order valence-electron chi connectivity index (χ0n) is 7.12. The summed E-state index contributed by atoms with van der Waals surface area (Å²) in [5.74, 6) is -0.158. The first-order valence-corrected chi connectivity index (χ1v) is 4.05. The molecule has 0 saturated carbocycles. The van der Waals surface area contributed by atoms with E-state index in [9.17, 15) is 9.59 Å². The SMILES string of the molecule is CC=CC[B]N1C(=O)CCC1=O. The molecule has 1 radical (unpaired) electrons. The first-order chi connectivity index (χ1) is 5.75. The summed E-state index contributed by atoms with van der Waals surface area (Å²) in [6.07, 6.45) is 5.17. The Labute approximate surface area is 72.7 Å². The highest BCUT2D eigenvalue weighted by molar-refractivity contribution is 6.44. The van der Waals surface area contributed by atoms with Gasteiger partial charge in [-0.25, -0.2) is 0 Å². The predicted molar refractivity (Wildman–Crippen MR) is 46.5 cm³/mol. The number of imide groups is 1. The molecule has 3 nitrogen and oxygen atoms in total. The Bertz CT molecular complexity index is 209. The summed E-state index contributed by atoms with van der Waals surface area (Å²) in [5.41, 5.74) is 0. The average molecular weight is 164 g/mol. The van der Waals surface area contributed by atoms with Gasteiger partial charge < -0.3 is 4.81 Å². The molecule has 0 aromatic rings. The van der Waals surface area contributed by atoms with Crippen molar-refractivity contribution in [1.82, 2.24) is 4.81 Å². The topological polar surface area (TPSA) is 37.4 Å². The van der Waals surface area contributed by atoms with Crippen LogP contribution in [0.5, 0.6) is 0 Å². The van der Waals surface area contributed by atoms with Crippen molar-refractivity contribution in [3.8, 4) is 0 Å². The van der Waals surface area contributed by atoms with E-state index in [4.69, 9.17) is 0 Å². The molecule has 0 aromatic carbocycles. The first-order valence-electron chi connectivity index (χ1n) is 4.05. The van der Waals surface area contributed by atoms with Crippen molar-refractivity contribution >= 4 is 19.2 Å². The van der Waals surface area contributed by atoms with Gasteiger partial charge in [-0.05, 0) is 13.2 Å². The maximum atomic E-state index is 11.0. The molecule has 0 atom stereocenters. The zero-order chi connectivity index (χ0) is 8.97. The Morgan fingerprint density at radius 1 is 1.42 bits per heavy atom. The van der Waals surface area contributed by atoms with Gasteiger partial charge in [-0.3, -0.25) is 9.59 Å². The van der Waals surface area contributed by atoms with E-state index in [0.717, 1.165) is 0 Å². The van der Waals surface area contributed by atoms with Crippen molar-refractivity contribution in [3.05, 3.63) is 12.2 Å². The number of allylic oxidation sites excluding steroid dienone is 2. The molecule has 0 aliphatic carbocycles.